The Morgan fingerprint density at radius 2 is 1.58 bits per heavy atom. The molecule has 4 nitrogen and oxygen atoms in total. The van der Waals surface area contributed by atoms with Crippen LogP contribution in [0, 0.1) is 0 Å². The second-order valence-electron chi connectivity index (χ2n) is 5.63. The van der Waals surface area contributed by atoms with Crippen LogP contribution in [0.3, 0.4) is 0 Å². The number of urea groups is 1. The van der Waals surface area contributed by atoms with Crippen molar-refractivity contribution in [2.45, 2.75) is 12.6 Å². The molecule has 0 heterocycles. The Morgan fingerprint density at radius 3 is 2.42 bits per heavy atom. The first kappa shape index (κ1) is 16.0. The number of carbonyl (C=O) groups is 1. The zero-order chi connectivity index (χ0) is 16.8. The Kier molecular flexibility index (Phi) is 5.08. The molecule has 3 aromatic rings. The summed E-state index contributed by atoms with van der Waals surface area (Å²) in [5.74, 6) is 0. The highest BCUT2D eigenvalue weighted by Gasteiger charge is 2.12. The van der Waals surface area contributed by atoms with E-state index in [2.05, 4.69) is 10.6 Å². The molecule has 0 aliphatic heterocycles. The van der Waals surface area contributed by atoms with Gasteiger partial charge in [0.1, 0.15) is 0 Å². The van der Waals surface area contributed by atoms with Crippen LogP contribution in [0.1, 0.15) is 17.2 Å². The van der Waals surface area contributed by atoms with Gasteiger partial charge < -0.3 is 15.7 Å². The number of nitrogens with one attached hydrogen (secondary N) is 2. The average Bonchev–Trinajstić information content (AvgIpc) is 2.64. The first-order valence-electron chi connectivity index (χ1n) is 7.95. The molecule has 0 aliphatic carbocycles. The summed E-state index contributed by atoms with van der Waals surface area (Å²) < 4.78 is 0. The molecule has 122 valence electrons. The Labute approximate surface area is 141 Å². The molecule has 0 saturated carbocycles. The van der Waals surface area contributed by atoms with Crippen molar-refractivity contribution >= 4 is 16.8 Å². The van der Waals surface area contributed by atoms with Crippen LogP contribution in [0.5, 0.6) is 0 Å². The fraction of sp³-hybridized carbons (Fsp3) is 0.150. The van der Waals surface area contributed by atoms with Gasteiger partial charge in [0.2, 0.25) is 0 Å². The number of hydrogen-bond acceptors (Lipinski definition) is 2. The van der Waals surface area contributed by atoms with E-state index in [9.17, 15) is 9.90 Å². The van der Waals surface area contributed by atoms with Crippen molar-refractivity contribution in [3.05, 3.63) is 83.9 Å². The molecule has 0 aliphatic rings. The van der Waals surface area contributed by atoms with Crippen LogP contribution in [0.15, 0.2) is 72.8 Å². The van der Waals surface area contributed by atoms with Crippen LogP contribution in [0.25, 0.3) is 10.8 Å². The van der Waals surface area contributed by atoms with E-state index in [-0.39, 0.29) is 12.6 Å². The van der Waals surface area contributed by atoms with Gasteiger partial charge in [0.25, 0.3) is 0 Å². The lowest BCUT2D eigenvalue weighted by atomic mass is 10.0. The van der Waals surface area contributed by atoms with Gasteiger partial charge in [-0.3, -0.25) is 0 Å². The molecule has 24 heavy (non-hydrogen) atoms. The van der Waals surface area contributed by atoms with E-state index in [4.69, 9.17) is 0 Å². The van der Waals surface area contributed by atoms with Gasteiger partial charge in [0.15, 0.2) is 0 Å². The standard InChI is InChI=1S/C20H20N2O2/c23-19(18-12-6-10-16-9-4-5-11-17(16)18)14-22-20(24)21-13-15-7-2-1-3-8-15/h1-12,19,23H,13-14H2,(H2,21,22,24)/t19-/m0/s1. The van der Waals surface area contributed by atoms with Crippen LogP contribution in [-0.4, -0.2) is 17.7 Å². The van der Waals surface area contributed by atoms with Crippen molar-refractivity contribution in [2.24, 2.45) is 0 Å². The number of hydrogen-bond donors (Lipinski definition) is 3. The summed E-state index contributed by atoms with van der Waals surface area (Å²) in [4.78, 5) is 11.9. The number of rotatable bonds is 5. The maximum atomic E-state index is 11.9. The van der Waals surface area contributed by atoms with Gasteiger partial charge in [-0.1, -0.05) is 72.8 Å². The Hall–Kier alpha value is -2.85. The highest BCUT2D eigenvalue weighted by Crippen LogP contribution is 2.23. The molecule has 4 heteroatoms. The maximum absolute atomic E-state index is 11.9. The van der Waals surface area contributed by atoms with E-state index >= 15 is 0 Å². The Morgan fingerprint density at radius 1 is 0.875 bits per heavy atom. The minimum absolute atomic E-state index is 0.161. The number of fused-ring (bicyclic) bond motifs is 1. The minimum atomic E-state index is -0.751. The van der Waals surface area contributed by atoms with Crippen LogP contribution < -0.4 is 10.6 Å². The van der Waals surface area contributed by atoms with Gasteiger partial charge in [0.05, 0.1) is 6.10 Å². The van der Waals surface area contributed by atoms with Crippen molar-refractivity contribution in [1.29, 1.82) is 0 Å². The number of amides is 2. The first-order valence-corrected chi connectivity index (χ1v) is 7.95. The van der Waals surface area contributed by atoms with E-state index in [1.54, 1.807) is 0 Å². The van der Waals surface area contributed by atoms with E-state index in [1.165, 1.54) is 0 Å². The third-order valence-corrected chi connectivity index (χ3v) is 3.93. The second kappa shape index (κ2) is 7.62. The number of carbonyl (C=O) groups excluding carboxylic acids is 1. The fourth-order valence-electron chi connectivity index (χ4n) is 2.68. The zero-order valence-corrected chi connectivity index (χ0v) is 13.3. The highest BCUT2D eigenvalue weighted by molar-refractivity contribution is 5.86. The molecule has 3 N–H and O–H groups in total. The highest BCUT2D eigenvalue weighted by atomic mass is 16.3. The van der Waals surface area contributed by atoms with Crippen molar-refractivity contribution < 1.29 is 9.90 Å². The van der Waals surface area contributed by atoms with Gasteiger partial charge in [-0.25, -0.2) is 4.79 Å². The van der Waals surface area contributed by atoms with E-state index in [1.807, 2.05) is 72.8 Å². The van der Waals surface area contributed by atoms with E-state index in [0.717, 1.165) is 21.9 Å². The number of aliphatic hydroxyl groups is 1. The summed E-state index contributed by atoms with van der Waals surface area (Å²) in [6.07, 6.45) is -0.751. The second-order valence-corrected chi connectivity index (χ2v) is 5.63. The van der Waals surface area contributed by atoms with E-state index < -0.39 is 6.10 Å². The summed E-state index contributed by atoms with van der Waals surface area (Å²) in [6.45, 7) is 0.617. The van der Waals surface area contributed by atoms with Crippen molar-refractivity contribution in [1.82, 2.24) is 10.6 Å². The summed E-state index contributed by atoms with van der Waals surface area (Å²) >= 11 is 0. The quantitative estimate of drug-likeness (QED) is 0.675. The number of aliphatic hydroxyl groups excluding tert-OH is 1. The molecule has 0 radical (unpaired) electrons. The topological polar surface area (TPSA) is 61.4 Å². The van der Waals surface area contributed by atoms with Crippen molar-refractivity contribution in [2.75, 3.05) is 6.54 Å². The predicted octanol–water partition coefficient (Wildman–Crippen LogP) is 3.37. The molecule has 1 atom stereocenters. The Balaban J connectivity index is 1.56. The summed E-state index contributed by atoms with van der Waals surface area (Å²) in [5.41, 5.74) is 1.85. The molecule has 0 spiro atoms. The van der Waals surface area contributed by atoms with Gasteiger partial charge in [-0.2, -0.15) is 0 Å². The van der Waals surface area contributed by atoms with E-state index in [0.29, 0.717) is 6.54 Å². The lowest BCUT2D eigenvalue weighted by Crippen LogP contribution is -2.37. The number of benzene rings is 3. The maximum Gasteiger partial charge on any atom is 0.315 e. The van der Waals surface area contributed by atoms with Crippen LogP contribution in [0.2, 0.25) is 0 Å². The molecular weight excluding hydrogens is 300 g/mol. The predicted molar refractivity (Wildman–Crippen MR) is 95.6 cm³/mol. The van der Waals surface area contributed by atoms with Gasteiger partial charge >= 0.3 is 6.03 Å². The molecular formula is C20H20N2O2. The fourth-order valence-corrected chi connectivity index (χ4v) is 2.68. The third kappa shape index (κ3) is 3.91. The van der Waals surface area contributed by atoms with Gasteiger partial charge in [0, 0.05) is 13.1 Å². The van der Waals surface area contributed by atoms with Crippen molar-refractivity contribution in [3.8, 4) is 0 Å². The SMILES string of the molecule is O=C(NCc1ccccc1)NC[C@H](O)c1cccc2ccccc12. The molecule has 3 rings (SSSR count). The van der Waals surface area contributed by atoms with Gasteiger partial charge in [-0.05, 0) is 21.9 Å². The smallest absolute Gasteiger partial charge is 0.315 e. The molecule has 3 aromatic carbocycles. The first-order chi connectivity index (χ1) is 11.7. The lowest BCUT2D eigenvalue weighted by molar-refractivity contribution is 0.174. The molecule has 0 fully saturated rings. The molecule has 0 saturated heterocycles. The van der Waals surface area contributed by atoms with Gasteiger partial charge in [-0.15, -0.1) is 0 Å². The normalized spacial score (nSPS) is 11.9. The van der Waals surface area contributed by atoms with Crippen LogP contribution in [0.4, 0.5) is 4.79 Å². The third-order valence-electron chi connectivity index (χ3n) is 3.93. The molecule has 0 aromatic heterocycles. The summed E-state index contributed by atoms with van der Waals surface area (Å²) in [7, 11) is 0. The van der Waals surface area contributed by atoms with Crippen LogP contribution in [-0.2, 0) is 6.54 Å². The monoisotopic (exact) mass is 320 g/mol. The lowest BCUT2D eigenvalue weighted by Gasteiger charge is -2.15. The summed E-state index contributed by atoms with van der Waals surface area (Å²) in [6, 6.07) is 23.1. The van der Waals surface area contributed by atoms with Crippen LogP contribution >= 0.6 is 0 Å². The Bertz CT molecular complexity index is 813. The molecule has 2 amide bonds. The summed E-state index contributed by atoms with van der Waals surface area (Å²) in [5, 5.41) is 18.0. The molecule has 0 bridgehead atoms. The largest absolute Gasteiger partial charge is 0.387 e. The minimum Gasteiger partial charge on any atom is -0.387 e. The molecule has 0 unspecified atom stereocenters. The average molecular weight is 320 g/mol. The van der Waals surface area contributed by atoms with Crippen molar-refractivity contribution in [3.63, 3.8) is 0 Å². The zero-order valence-electron chi connectivity index (χ0n) is 13.3.